The highest BCUT2D eigenvalue weighted by Gasteiger charge is 2.25. The Morgan fingerprint density at radius 1 is 1.11 bits per heavy atom. The maximum Gasteiger partial charge on any atom is 0.313 e. The molecule has 0 unspecified atom stereocenters. The lowest BCUT2D eigenvalue weighted by atomic mass is 10.1. The molecule has 1 aliphatic rings. The molecular weight excluding hydrogens is 386 g/mol. The molecule has 0 aliphatic carbocycles. The monoisotopic (exact) mass is 408 g/mol. The largest absolute Gasteiger partial charge is 0.346 e. The molecule has 2 N–H and O–H groups in total. The summed E-state index contributed by atoms with van der Waals surface area (Å²) in [6.07, 6.45) is 0. The number of hydrogen-bond acceptors (Lipinski definition) is 5. The van der Waals surface area contributed by atoms with Crippen molar-refractivity contribution in [1.29, 1.82) is 0 Å². The average molecular weight is 408 g/mol. The van der Waals surface area contributed by atoms with Crippen molar-refractivity contribution in [3.8, 4) is 0 Å². The molecule has 2 aromatic rings. The SMILES string of the molecule is CN1CCN([C@@H](CNC(=O)C(=O)Nc2ccc(F)c(F)c2)c2ccsc2)CC1. The van der Waals surface area contributed by atoms with Gasteiger partial charge in [-0.3, -0.25) is 14.5 Å². The first-order valence-electron chi connectivity index (χ1n) is 8.93. The number of nitrogens with zero attached hydrogens (tertiary/aromatic N) is 2. The number of carbonyl (C=O) groups excluding carboxylic acids is 2. The molecule has 1 fully saturated rings. The molecule has 2 amide bonds. The maximum absolute atomic E-state index is 13.2. The van der Waals surface area contributed by atoms with Crippen molar-refractivity contribution in [3.05, 3.63) is 52.2 Å². The normalized spacial score (nSPS) is 16.5. The summed E-state index contributed by atoms with van der Waals surface area (Å²) in [5, 5.41) is 8.95. The fourth-order valence-electron chi connectivity index (χ4n) is 3.09. The zero-order valence-electron chi connectivity index (χ0n) is 15.5. The van der Waals surface area contributed by atoms with E-state index in [0.29, 0.717) is 0 Å². The van der Waals surface area contributed by atoms with E-state index in [4.69, 9.17) is 0 Å². The molecule has 150 valence electrons. The smallest absolute Gasteiger partial charge is 0.313 e. The summed E-state index contributed by atoms with van der Waals surface area (Å²) in [7, 11) is 2.07. The van der Waals surface area contributed by atoms with Gasteiger partial charge in [0.2, 0.25) is 0 Å². The van der Waals surface area contributed by atoms with Gasteiger partial charge in [-0.2, -0.15) is 11.3 Å². The van der Waals surface area contributed by atoms with Crippen molar-refractivity contribution < 1.29 is 18.4 Å². The van der Waals surface area contributed by atoms with Crippen LogP contribution in [0.3, 0.4) is 0 Å². The van der Waals surface area contributed by atoms with Crippen LogP contribution < -0.4 is 10.6 Å². The highest BCUT2D eigenvalue weighted by Crippen LogP contribution is 2.23. The van der Waals surface area contributed by atoms with Crippen LogP contribution in [0.1, 0.15) is 11.6 Å². The standard InChI is InChI=1S/C19H22F2N4O2S/c1-24-5-7-25(8-6-24)17(13-4-9-28-12-13)11-22-18(26)19(27)23-14-2-3-15(20)16(21)10-14/h2-4,9-10,12,17H,5-8,11H2,1H3,(H,22,26)(H,23,27)/t17-/m0/s1. The molecule has 6 nitrogen and oxygen atoms in total. The number of benzene rings is 1. The van der Waals surface area contributed by atoms with E-state index in [2.05, 4.69) is 27.5 Å². The van der Waals surface area contributed by atoms with Crippen LogP contribution in [-0.4, -0.2) is 61.4 Å². The Hall–Kier alpha value is -2.36. The minimum absolute atomic E-state index is 0.0208. The van der Waals surface area contributed by atoms with Crippen LogP contribution in [0.25, 0.3) is 0 Å². The first-order chi connectivity index (χ1) is 13.4. The van der Waals surface area contributed by atoms with Gasteiger partial charge in [-0.1, -0.05) is 0 Å². The van der Waals surface area contributed by atoms with E-state index < -0.39 is 23.4 Å². The molecule has 2 heterocycles. The maximum atomic E-state index is 13.2. The van der Waals surface area contributed by atoms with Crippen molar-refractivity contribution in [2.45, 2.75) is 6.04 Å². The predicted octanol–water partition coefficient (Wildman–Crippen LogP) is 2.07. The van der Waals surface area contributed by atoms with Gasteiger partial charge in [0.15, 0.2) is 11.6 Å². The highest BCUT2D eigenvalue weighted by atomic mass is 32.1. The second kappa shape index (κ2) is 9.22. The third-order valence-electron chi connectivity index (χ3n) is 4.75. The van der Waals surface area contributed by atoms with E-state index in [1.807, 2.05) is 16.8 Å². The molecule has 9 heteroatoms. The van der Waals surface area contributed by atoms with Gasteiger partial charge >= 0.3 is 11.8 Å². The summed E-state index contributed by atoms with van der Waals surface area (Å²) in [5.74, 6) is -3.86. The number of thiophene rings is 1. The zero-order valence-corrected chi connectivity index (χ0v) is 16.3. The van der Waals surface area contributed by atoms with Crippen LogP contribution >= 0.6 is 11.3 Å². The second-order valence-corrected chi connectivity index (χ2v) is 7.48. The molecule has 1 saturated heterocycles. The van der Waals surface area contributed by atoms with E-state index in [1.165, 1.54) is 6.07 Å². The first kappa shape index (κ1) is 20.4. The lowest BCUT2D eigenvalue weighted by Crippen LogP contribution is -2.49. The van der Waals surface area contributed by atoms with Gasteiger partial charge in [-0.25, -0.2) is 8.78 Å². The van der Waals surface area contributed by atoms with Crippen molar-refractivity contribution in [2.24, 2.45) is 0 Å². The summed E-state index contributed by atoms with van der Waals surface area (Å²) in [6.45, 7) is 3.89. The van der Waals surface area contributed by atoms with E-state index in [-0.39, 0.29) is 18.3 Å². The fraction of sp³-hybridized carbons (Fsp3) is 0.368. The molecule has 28 heavy (non-hydrogen) atoms. The molecule has 0 saturated carbocycles. The van der Waals surface area contributed by atoms with Crippen LogP contribution in [0.4, 0.5) is 14.5 Å². The average Bonchev–Trinajstić information content (AvgIpc) is 3.20. The van der Waals surface area contributed by atoms with Crippen molar-refractivity contribution in [1.82, 2.24) is 15.1 Å². The zero-order chi connectivity index (χ0) is 20.1. The van der Waals surface area contributed by atoms with Crippen LogP contribution in [-0.2, 0) is 9.59 Å². The number of rotatable bonds is 5. The predicted molar refractivity (Wildman–Crippen MR) is 104 cm³/mol. The lowest BCUT2D eigenvalue weighted by Gasteiger charge is -2.37. The second-order valence-electron chi connectivity index (χ2n) is 6.70. The number of piperazine rings is 1. The number of nitrogens with one attached hydrogen (secondary N) is 2. The number of carbonyl (C=O) groups is 2. The van der Waals surface area contributed by atoms with Gasteiger partial charge in [0.05, 0.1) is 6.04 Å². The molecule has 1 atom stereocenters. The van der Waals surface area contributed by atoms with Gasteiger partial charge in [0, 0.05) is 44.5 Å². The quantitative estimate of drug-likeness (QED) is 0.744. The third-order valence-corrected chi connectivity index (χ3v) is 5.45. The van der Waals surface area contributed by atoms with Crippen molar-refractivity contribution >= 4 is 28.8 Å². The van der Waals surface area contributed by atoms with Gasteiger partial charge in [0.1, 0.15) is 0 Å². The first-order valence-corrected chi connectivity index (χ1v) is 9.87. The Balaban J connectivity index is 1.59. The van der Waals surface area contributed by atoms with E-state index in [1.54, 1.807) is 11.3 Å². The Morgan fingerprint density at radius 2 is 1.86 bits per heavy atom. The van der Waals surface area contributed by atoms with Crippen LogP contribution in [0.5, 0.6) is 0 Å². The number of anilines is 1. The summed E-state index contributed by atoms with van der Waals surface area (Å²) in [6, 6.07) is 4.91. The van der Waals surface area contributed by atoms with Gasteiger partial charge in [0.25, 0.3) is 0 Å². The third kappa shape index (κ3) is 5.12. The Bertz CT molecular complexity index is 823. The minimum Gasteiger partial charge on any atom is -0.346 e. The number of hydrogen-bond donors (Lipinski definition) is 2. The molecule has 0 spiro atoms. The summed E-state index contributed by atoms with van der Waals surface area (Å²) in [4.78, 5) is 28.8. The Kier molecular flexibility index (Phi) is 6.71. The topological polar surface area (TPSA) is 64.7 Å². The van der Waals surface area contributed by atoms with E-state index in [9.17, 15) is 18.4 Å². The van der Waals surface area contributed by atoms with Crippen molar-refractivity contribution in [2.75, 3.05) is 45.1 Å². The van der Waals surface area contributed by atoms with Gasteiger partial charge < -0.3 is 15.5 Å². The molecular formula is C19H22F2N4O2S. The summed E-state index contributed by atoms with van der Waals surface area (Å²) in [5.41, 5.74) is 1.11. The van der Waals surface area contributed by atoms with Gasteiger partial charge in [-0.15, -0.1) is 0 Å². The Morgan fingerprint density at radius 3 is 2.50 bits per heavy atom. The van der Waals surface area contributed by atoms with Crippen LogP contribution in [0.2, 0.25) is 0 Å². The van der Waals surface area contributed by atoms with Gasteiger partial charge in [-0.05, 0) is 41.6 Å². The Labute approximate surface area is 166 Å². The minimum atomic E-state index is -1.09. The fourth-order valence-corrected chi connectivity index (χ4v) is 3.79. The van der Waals surface area contributed by atoms with E-state index >= 15 is 0 Å². The summed E-state index contributed by atoms with van der Waals surface area (Å²) < 4.78 is 26.2. The molecule has 1 aliphatic heterocycles. The number of amides is 2. The van der Waals surface area contributed by atoms with Crippen LogP contribution in [0.15, 0.2) is 35.0 Å². The molecule has 0 radical (unpaired) electrons. The van der Waals surface area contributed by atoms with E-state index in [0.717, 1.165) is 43.9 Å². The summed E-state index contributed by atoms with van der Waals surface area (Å²) >= 11 is 1.58. The molecule has 3 rings (SSSR count). The van der Waals surface area contributed by atoms with Crippen LogP contribution in [0, 0.1) is 11.6 Å². The molecule has 1 aromatic heterocycles. The van der Waals surface area contributed by atoms with Crippen molar-refractivity contribution in [3.63, 3.8) is 0 Å². The highest BCUT2D eigenvalue weighted by molar-refractivity contribution is 7.08. The number of likely N-dealkylation sites (N-methyl/N-ethyl adjacent to an activating group) is 1. The molecule has 1 aromatic carbocycles. The lowest BCUT2D eigenvalue weighted by molar-refractivity contribution is -0.136. The molecule has 0 bridgehead atoms. The number of halogens is 2.